The molecule has 1 atom stereocenters. The summed E-state index contributed by atoms with van der Waals surface area (Å²) in [5.74, 6) is 0.665. The fraction of sp³-hybridized carbons (Fsp3) is 0.333. The lowest BCUT2D eigenvalue weighted by atomic mass is 10.0. The number of urea groups is 1. The first-order valence-electron chi connectivity index (χ1n) is 9.84. The Balaban J connectivity index is 1.33. The van der Waals surface area contributed by atoms with E-state index in [9.17, 15) is 4.79 Å². The predicted molar refractivity (Wildman–Crippen MR) is 115 cm³/mol. The fourth-order valence-corrected chi connectivity index (χ4v) is 4.26. The van der Waals surface area contributed by atoms with E-state index in [1.54, 1.807) is 29.8 Å². The van der Waals surface area contributed by atoms with Gasteiger partial charge in [0.2, 0.25) is 0 Å². The van der Waals surface area contributed by atoms with Gasteiger partial charge in [-0.25, -0.2) is 19.7 Å². The first kappa shape index (κ1) is 19.5. The average Bonchev–Trinajstić information content (AvgIpc) is 3.23. The maximum absolute atomic E-state index is 12.2. The van der Waals surface area contributed by atoms with Crippen LogP contribution in [0.15, 0.2) is 54.2 Å². The Kier molecular flexibility index (Phi) is 6.43. The zero-order valence-corrected chi connectivity index (χ0v) is 16.9. The van der Waals surface area contributed by atoms with Gasteiger partial charge in [0.05, 0.1) is 5.69 Å². The molecule has 1 fully saturated rings. The van der Waals surface area contributed by atoms with Crippen molar-refractivity contribution in [2.45, 2.75) is 31.8 Å². The Morgan fingerprint density at radius 2 is 1.97 bits per heavy atom. The van der Waals surface area contributed by atoms with Crippen molar-refractivity contribution in [1.29, 1.82) is 0 Å². The standard InChI is InChI=1S/C21H24N6OS/c28-21(26-16-7-2-1-3-8-16)24-13-18-9-4-5-12-27(18)14-17-15-29-20(25-17)19-22-10-6-11-23-19/h1-3,6-8,10-11,15,18H,4-5,9,12-14H2,(H2,24,26,28)/t18-/m0/s1. The van der Waals surface area contributed by atoms with Gasteiger partial charge in [0.1, 0.15) is 0 Å². The molecule has 2 amide bonds. The van der Waals surface area contributed by atoms with Crippen LogP contribution in [0.1, 0.15) is 25.0 Å². The van der Waals surface area contributed by atoms with Crippen molar-refractivity contribution < 1.29 is 4.79 Å². The van der Waals surface area contributed by atoms with E-state index in [4.69, 9.17) is 4.98 Å². The zero-order chi connectivity index (χ0) is 19.9. The SMILES string of the molecule is O=C(NC[C@@H]1CCCCN1Cc1csc(-c2ncccn2)n1)Nc1ccccc1. The van der Waals surface area contributed by atoms with Crippen LogP contribution in [0.4, 0.5) is 10.5 Å². The number of hydrogen-bond acceptors (Lipinski definition) is 6. The molecule has 1 aliphatic heterocycles. The number of thiazole rings is 1. The summed E-state index contributed by atoms with van der Waals surface area (Å²) in [6.07, 6.45) is 6.89. The minimum atomic E-state index is -0.168. The summed E-state index contributed by atoms with van der Waals surface area (Å²) in [4.78, 5) is 27.9. The van der Waals surface area contributed by atoms with Crippen molar-refractivity contribution in [2.24, 2.45) is 0 Å². The maximum Gasteiger partial charge on any atom is 0.319 e. The molecule has 8 heteroatoms. The smallest absolute Gasteiger partial charge is 0.319 e. The Labute approximate surface area is 174 Å². The van der Waals surface area contributed by atoms with Crippen LogP contribution in [-0.2, 0) is 6.54 Å². The Bertz CT molecular complexity index is 917. The fourth-order valence-electron chi connectivity index (χ4n) is 3.51. The van der Waals surface area contributed by atoms with Crippen LogP contribution in [0, 0.1) is 0 Å². The van der Waals surface area contributed by atoms with Gasteiger partial charge >= 0.3 is 6.03 Å². The number of likely N-dealkylation sites (tertiary alicyclic amines) is 1. The molecular weight excluding hydrogens is 384 g/mol. The number of carbonyl (C=O) groups excluding carboxylic acids is 1. The topological polar surface area (TPSA) is 83.0 Å². The second-order valence-corrected chi connectivity index (χ2v) is 7.90. The third kappa shape index (κ3) is 5.36. The van der Waals surface area contributed by atoms with Crippen molar-refractivity contribution >= 4 is 23.1 Å². The third-order valence-corrected chi connectivity index (χ3v) is 5.84. The van der Waals surface area contributed by atoms with Gasteiger partial charge in [-0.2, -0.15) is 0 Å². The van der Waals surface area contributed by atoms with Gasteiger partial charge in [-0.1, -0.05) is 24.6 Å². The molecule has 0 radical (unpaired) electrons. The Morgan fingerprint density at radius 3 is 2.79 bits per heavy atom. The number of anilines is 1. The van der Waals surface area contributed by atoms with E-state index in [0.717, 1.165) is 35.9 Å². The number of para-hydroxylation sites is 1. The second-order valence-electron chi connectivity index (χ2n) is 7.04. The average molecular weight is 409 g/mol. The summed E-state index contributed by atoms with van der Waals surface area (Å²) in [6.45, 7) is 2.41. The molecule has 3 aromatic rings. The highest BCUT2D eigenvalue weighted by molar-refractivity contribution is 7.13. The highest BCUT2D eigenvalue weighted by Gasteiger charge is 2.24. The van der Waals surface area contributed by atoms with Gasteiger partial charge in [0.25, 0.3) is 0 Å². The molecule has 3 heterocycles. The predicted octanol–water partition coefficient (Wildman–Crippen LogP) is 3.78. The lowest BCUT2D eigenvalue weighted by molar-refractivity contribution is 0.137. The van der Waals surface area contributed by atoms with Gasteiger partial charge in [-0.05, 0) is 37.6 Å². The quantitative estimate of drug-likeness (QED) is 0.649. The van der Waals surface area contributed by atoms with E-state index in [-0.39, 0.29) is 6.03 Å². The van der Waals surface area contributed by atoms with Gasteiger partial charge < -0.3 is 10.6 Å². The molecule has 0 unspecified atom stereocenters. The first-order chi connectivity index (χ1) is 14.3. The number of aromatic nitrogens is 3. The number of amides is 2. The maximum atomic E-state index is 12.2. The first-order valence-corrected chi connectivity index (χ1v) is 10.7. The normalized spacial score (nSPS) is 17.0. The summed E-state index contributed by atoms with van der Waals surface area (Å²) in [5, 5.41) is 8.81. The number of nitrogens with one attached hydrogen (secondary N) is 2. The molecule has 1 aromatic carbocycles. The van der Waals surface area contributed by atoms with E-state index >= 15 is 0 Å². The van der Waals surface area contributed by atoms with Gasteiger partial charge in [0.15, 0.2) is 10.8 Å². The molecule has 4 rings (SSSR count). The molecule has 0 aliphatic carbocycles. The molecule has 0 saturated carbocycles. The van der Waals surface area contributed by atoms with Crippen molar-refractivity contribution in [1.82, 2.24) is 25.2 Å². The number of carbonyl (C=O) groups is 1. The summed E-state index contributed by atoms with van der Waals surface area (Å²) in [5.41, 5.74) is 1.82. The van der Waals surface area contributed by atoms with Crippen LogP contribution in [0.3, 0.4) is 0 Å². The molecule has 1 saturated heterocycles. The van der Waals surface area contributed by atoms with Crippen molar-refractivity contribution in [3.63, 3.8) is 0 Å². The van der Waals surface area contributed by atoms with Crippen LogP contribution in [0.2, 0.25) is 0 Å². The second kappa shape index (κ2) is 9.58. The molecule has 1 aliphatic rings. The molecule has 0 spiro atoms. The summed E-state index contributed by atoms with van der Waals surface area (Å²) in [7, 11) is 0. The number of benzene rings is 1. The third-order valence-electron chi connectivity index (χ3n) is 4.95. The van der Waals surface area contributed by atoms with Crippen molar-refractivity contribution in [2.75, 3.05) is 18.4 Å². The lowest BCUT2D eigenvalue weighted by Gasteiger charge is -2.35. The van der Waals surface area contributed by atoms with Gasteiger partial charge in [-0.15, -0.1) is 11.3 Å². The van der Waals surface area contributed by atoms with Crippen molar-refractivity contribution in [3.8, 4) is 10.8 Å². The number of nitrogens with zero attached hydrogens (tertiary/aromatic N) is 4. The van der Waals surface area contributed by atoms with E-state index in [0.29, 0.717) is 18.4 Å². The van der Waals surface area contributed by atoms with Gasteiger partial charge in [-0.3, -0.25) is 4.90 Å². The summed E-state index contributed by atoms with van der Waals surface area (Å²) in [6, 6.07) is 11.4. The minimum absolute atomic E-state index is 0.168. The highest BCUT2D eigenvalue weighted by Crippen LogP contribution is 2.23. The molecule has 2 N–H and O–H groups in total. The number of rotatable bonds is 6. The van der Waals surface area contributed by atoms with Gasteiger partial charge in [0, 0.05) is 42.6 Å². The van der Waals surface area contributed by atoms with E-state index < -0.39 is 0 Å². The number of hydrogen-bond donors (Lipinski definition) is 2. The van der Waals surface area contributed by atoms with E-state index in [1.807, 2.05) is 30.3 Å². The lowest BCUT2D eigenvalue weighted by Crippen LogP contribution is -2.47. The van der Waals surface area contributed by atoms with Crippen LogP contribution >= 0.6 is 11.3 Å². The highest BCUT2D eigenvalue weighted by atomic mass is 32.1. The van der Waals surface area contributed by atoms with Crippen LogP contribution in [-0.4, -0.2) is 45.0 Å². The van der Waals surface area contributed by atoms with Crippen LogP contribution in [0.5, 0.6) is 0 Å². The summed E-state index contributed by atoms with van der Waals surface area (Å²) < 4.78 is 0. The minimum Gasteiger partial charge on any atom is -0.336 e. The number of piperidine rings is 1. The molecule has 150 valence electrons. The van der Waals surface area contributed by atoms with Crippen LogP contribution in [0.25, 0.3) is 10.8 Å². The molecule has 2 aromatic heterocycles. The molecule has 7 nitrogen and oxygen atoms in total. The largest absolute Gasteiger partial charge is 0.336 e. The van der Waals surface area contributed by atoms with E-state index in [2.05, 4.69) is 30.9 Å². The Morgan fingerprint density at radius 1 is 1.14 bits per heavy atom. The molecular formula is C21H24N6OS. The Hall–Kier alpha value is -2.84. The monoisotopic (exact) mass is 408 g/mol. The van der Waals surface area contributed by atoms with Crippen LogP contribution < -0.4 is 10.6 Å². The van der Waals surface area contributed by atoms with E-state index in [1.165, 1.54) is 12.8 Å². The molecule has 29 heavy (non-hydrogen) atoms. The summed E-state index contributed by atoms with van der Waals surface area (Å²) >= 11 is 1.57. The molecule has 0 bridgehead atoms. The zero-order valence-electron chi connectivity index (χ0n) is 16.1. The van der Waals surface area contributed by atoms with Crippen molar-refractivity contribution in [3.05, 3.63) is 59.9 Å².